The highest BCUT2D eigenvalue weighted by atomic mass is 19.1. The molecule has 1 atom stereocenters. The van der Waals surface area contributed by atoms with Crippen LogP contribution in [0.2, 0.25) is 0 Å². The van der Waals surface area contributed by atoms with Crippen molar-refractivity contribution in [3.63, 3.8) is 0 Å². The molecule has 0 spiro atoms. The summed E-state index contributed by atoms with van der Waals surface area (Å²) in [6, 6.07) is 12.0. The van der Waals surface area contributed by atoms with Gasteiger partial charge in [-0.3, -0.25) is 9.80 Å². The van der Waals surface area contributed by atoms with Crippen molar-refractivity contribution >= 4 is 46.8 Å². The lowest BCUT2D eigenvalue weighted by molar-refractivity contribution is -0.134. The van der Waals surface area contributed by atoms with Gasteiger partial charge in [0.2, 0.25) is 0 Å². The fourth-order valence-corrected chi connectivity index (χ4v) is 5.89. The van der Waals surface area contributed by atoms with Gasteiger partial charge in [0, 0.05) is 113 Å². The lowest BCUT2D eigenvalue weighted by Gasteiger charge is -2.42. The molecule has 1 aromatic heterocycles. The molecule has 3 aromatic rings. The first kappa shape index (κ1) is 49.8. The molecule has 60 heavy (non-hydrogen) atoms. The van der Waals surface area contributed by atoms with Crippen LogP contribution in [0, 0.1) is 11.6 Å². The molecule has 6 N–H and O–H groups in total. The zero-order valence-electron chi connectivity index (χ0n) is 32.8. The van der Waals surface area contributed by atoms with Crippen LogP contribution in [0.4, 0.5) is 8.78 Å². The van der Waals surface area contributed by atoms with Crippen LogP contribution in [-0.2, 0) is 35.2 Å². The third-order valence-corrected chi connectivity index (χ3v) is 8.88. The molecule has 18 nitrogen and oxygen atoms in total. The second kappa shape index (κ2) is 26.6. The van der Waals surface area contributed by atoms with Crippen molar-refractivity contribution < 1.29 is 72.7 Å². The van der Waals surface area contributed by atoms with E-state index >= 15 is 0 Å². The number of carbonyl (C=O) groups is 6. The van der Waals surface area contributed by atoms with Crippen molar-refractivity contribution in [3.8, 4) is 0 Å². The number of aliphatic carboxylic acids is 6. The first-order valence-corrected chi connectivity index (χ1v) is 18.5. The molecule has 0 radical (unpaired) electrons. The number of likely N-dealkylation sites (N-methyl/N-ethyl adjacent to an activating group) is 1. The Labute approximate surface area is 343 Å². The van der Waals surface area contributed by atoms with Crippen molar-refractivity contribution in [2.45, 2.75) is 25.3 Å². The van der Waals surface area contributed by atoms with Gasteiger partial charge < -0.3 is 45.0 Å². The summed E-state index contributed by atoms with van der Waals surface area (Å²) in [4.78, 5) is 67.4. The van der Waals surface area contributed by atoms with Crippen molar-refractivity contribution in [2.24, 2.45) is 0 Å². The number of hydrogen-bond acceptors (Lipinski definition) is 12. The van der Waals surface area contributed by atoms with Crippen molar-refractivity contribution in [1.29, 1.82) is 0 Å². The van der Waals surface area contributed by atoms with Crippen LogP contribution in [-0.4, -0.2) is 164 Å². The Morgan fingerprint density at radius 2 is 1.08 bits per heavy atom. The molecule has 2 aliphatic heterocycles. The Bertz CT molecular complexity index is 1830. The molecular weight excluding hydrogens is 796 g/mol. The van der Waals surface area contributed by atoms with Gasteiger partial charge in [0.05, 0.1) is 5.69 Å². The van der Waals surface area contributed by atoms with Gasteiger partial charge in [0.25, 0.3) is 0 Å². The van der Waals surface area contributed by atoms with Crippen LogP contribution in [0.15, 0.2) is 83.4 Å². The highest BCUT2D eigenvalue weighted by Gasteiger charge is 2.27. The SMILES string of the molecule is CN1CCN(C(CN2CCN(CCCCc3noc4cc(F)ccc34)CC2)c2ccc(F)cc2)CC1.O=C(O)/C=C\C(=O)O.O=C(O)/C=C\C(=O)O.O=C(O)/C=C\C(=O)O. The highest BCUT2D eigenvalue weighted by molar-refractivity contribution is 5.90. The molecule has 0 bridgehead atoms. The normalized spacial score (nSPS) is 15.7. The van der Waals surface area contributed by atoms with Gasteiger partial charge in [-0.05, 0) is 62.7 Å². The van der Waals surface area contributed by atoms with Gasteiger partial charge in [0.1, 0.15) is 11.6 Å². The van der Waals surface area contributed by atoms with Crippen LogP contribution >= 0.6 is 0 Å². The average molecular weight is 846 g/mol. The number of nitrogens with zero attached hydrogens (tertiary/aromatic N) is 5. The summed E-state index contributed by atoms with van der Waals surface area (Å²) in [5.41, 5.74) is 2.66. The molecule has 326 valence electrons. The summed E-state index contributed by atoms with van der Waals surface area (Å²) in [7, 11) is 2.18. The Kier molecular flexibility index (Phi) is 22.1. The van der Waals surface area contributed by atoms with Crippen molar-refractivity contribution in [1.82, 2.24) is 24.8 Å². The van der Waals surface area contributed by atoms with Gasteiger partial charge in [-0.1, -0.05) is 17.3 Å². The fraction of sp³-hybridized carbons (Fsp3) is 0.375. The summed E-state index contributed by atoms with van der Waals surface area (Å²) in [6.45, 7) is 10.6. The van der Waals surface area contributed by atoms with E-state index in [0.29, 0.717) is 48.1 Å². The number of hydrogen-bond donors (Lipinski definition) is 6. The van der Waals surface area contributed by atoms with E-state index < -0.39 is 35.8 Å². The van der Waals surface area contributed by atoms with E-state index in [2.05, 4.69) is 31.8 Å². The summed E-state index contributed by atoms with van der Waals surface area (Å²) in [5, 5.41) is 51.9. The third-order valence-electron chi connectivity index (χ3n) is 8.88. The summed E-state index contributed by atoms with van der Waals surface area (Å²) in [6.07, 6.45) is 6.34. The molecule has 1 unspecified atom stereocenters. The predicted octanol–water partition coefficient (Wildman–Crippen LogP) is 3.17. The number of benzene rings is 2. The van der Waals surface area contributed by atoms with Gasteiger partial charge in [-0.15, -0.1) is 0 Å². The van der Waals surface area contributed by atoms with E-state index in [1.54, 1.807) is 18.2 Å². The van der Waals surface area contributed by atoms with Crippen LogP contribution in [0.1, 0.15) is 30.1 Å². The molecule has 2 saturated heterocycles. The van der Waals surface area contributed by atoms with E-state index in [-0.39, 0.29) is 11.6 Å². The first-order chi connectivity index (χ1) is 28.4. The smallest absolute Gasteiger partial charge is 0.328 e. The van der Waals surface area contributed by atoms with Gasteiger partial charge in [0.15, 0.2) is 5.58 Å². The first-order valence-electron chi connectivity index (χ1n) is 18.5. The minimum atomic E-state index is -1.26. The summed E-state index contributed by atoms with van der Waals surface area (Å²) in [5.74, 6) is -8.01. The molecule has 2 aromatic carbocycles. The quantitative estimate of drug-likeness (QED) is 0.0948. The maximum absolute atomic E-state index is 13.6. The minimum absolute atomic E-state index is 0.171. The highest BCUT2D eigenvalue weighted by Crippen LogP contribution is 2.25. The van der Waals surface area contributed by atoms with E-state index in [4.69, 9.17) is 35.2 Å². The maximum Gasteiger partial charge on any atom is 0.328 e. The zero-order chi connectivity index (χ0) is 44.6. The van der Waals surface area contributed by atoms with E-state index in [1.165, 1.54) is 17.7 Å². The lowest BCUT2D eigenvalue weighted by Crippen LogP contribution is -2.52. The molecule has 2 aliphatic rings. The number of unbranched alkanes of at least 4 members (excludes halogenated alkanes) is 1. The Balaban J connectivity index is 0.000000421. The number of carboxylic acid groups (broad SMARTS) is 6. The molecular formula is C40H49F2N5O13. The second-order valence-corrected chi connectivity index (χ2v) is 13.3. The van der Waals surface area contributed by atoms with Gasteiger partial charge in [-0.2, -0.15) is 0 Å². The van der Waals surface area contributed by atoms with Crippen LogP contribution in [0.25, 0.3) is 11.0 Å². The van der Waals surface area contributed by atoms with Crippen LogP contribution in [0.5, 0.6) is 0 Å². The molecule has 2 fully saturated rings. The Morgan fingerprint density at radius 3 is 1.55 bits per heavy atom. The number of halogens is 2. The third kappa shape index (κ3) is 20.9. The minimum Gasteiger partial charge on any atom is -0.478 e. The molecule has 0 saturated carbocycles. The van der Waals surface area contributed by atoms with E-state index in [0.717, 1.165) is 95.8 Å². The van der Waals surface area contributed by atoms with Crippen LogP contribution < -0.4 is 0 Å². The molecule has 3 heterocycles. The summed E-state index contributed by atoms with van der Waals surface area (Å²) >= 11 is 0. The number of carboxylic acids is 6. The number of aromatic nitrogens is 1. The Morgan fingerprint density at radius 1 is 0.633 bits per heavy atom. The molecule has 20 heteroatoms. The largest absolute Gasteiger partial charge is 0.478 e. The molecule has 0 amide bonds. The van der Waals surface area contributed by atoms with E-state index in [1.807, 2.05) is 12.1 Å². The average Bonchev–Trinajstić information content (AvgIpc) is 3.60. The number of aryl methyl sites for hydroxylation is 1. The Hall–Kier alpha value is -6.35. The molecule has 5 rings (SSSR count). The van der Waals surface area contributed by atoms with Crippen molar-refractivity contribution in [2.75, 3.05) is 72.5 Å². The van der Waals surface area contributed by atoms with Crippen molar-refractivity contribution in [3.05, 3.63) is 102 Å². The fourth-order valence-electron chi connectivity index (χ4n) is 5.89. The standard InChI is InChI=1S/C28H37F2N5O.3C4H4O4/c1-32-12-18-35(19-13-32)27(22-5-7-23(29)8-6-22)21-34-16-14-33(15-17-34)11-3-2-4-26-25-10-9-24(30)20-28(25)36-31-26;3*5-3(6)1-2-4(7)8/h5-10,20,27H,2-4,11-19,21H2,1H3;3*1-2H,(H,5,6)(H,7,8)/b;3*2-1-. The summed E-state index contributed by atoms with van der Waals surface area (Å²) < 4.78 is 32.2. The topological polar surface area (TPSA) is 263 Å². The van der Waals surface area contributed by atoms with Gasteiger partial charge in [-0.25, -0.2) is 37.5 Å². The maximum atomic E-state index is 13.6. The van der Waals surface area contributed by atoms with Gasteiger partial charge >= 0.3 is 35.8 Å². The number of piperazine rings is 2. The zero-order valence-corrected chi connectivity index (χ0v) is 32.8. The monoisotopic (exact) mass is 845 g/mol. The predicted molar refractivity (Wildman–Crippen MR) is 211 cm³/mol. The van der Waals surface area contributed by atoms with E-state index in [9.17, 15) is 37.5 Å². The second-order valence-electron chi connectivity index (χ2n) is 13.3. The number of rotatable bonds is 15. The molecule has 0 aliphatic carbocycles. The van der Waals surface area contributed by atoms with Crippen LogP contribution in [0.3, 0.4) is 0 Å². The number of fused-ring (bicyclic) bond motifs is 1. The lowest BCUT2D eigenvalue weighted by atomic mass is 10.0.